The molecule has 0 bridgehead atoms. The van der Waals surface area contributed by atoms with Crippen LogP contribution in [0.15, 0.2) is 30.3 Å². The van der Waals surface area contributed by atoms with E-state index in [4.69, 9.17) is 0 Å². The molecular formula is C15H22N2O3. The molecule has 0 saturated heterocycles. The number of hydrogen-bond acceptors (Lipinski definition) is 3. The van der Waals surface area contributed by atoms with E-state index in [-0.39, 0.29) is 18.0 Å². The number of hydrogen-bond donors (Lipinski definition) is 2. The first kappa shape index (κ1) is 16.0. The zero-order valence-electron chi connectivity index (χ0n) is 12.3. The second-order valence-electron chi connectivity index (χ2n) is 5.00. The Hall–Kier alpha value is -2.04. The number of benzene rings is 1. The number of amides is 2. The van der Waals surface area contributed by atoms with E-state index < -0.39 is 12.0 Å². The molecule has 0 aliphatic rings. The number of esters is 1. The van der Waals surface area contributed by atoms with Gasteiger partial charge in [0.1, 0.15) is 6.04 Å². The third kappa shape index (κ3) is 4.57. The van der Waals surface area contributed by atoms with Gasteiger partial charge in [-0.3, -0.25) is 0 Å². The highest BCUT2D eigenvalue weighted by Crippen LogP contribution is 2.11. The molecular weight excluding hydrogens is 256 g/mol. The molecule has 2 amide bonds. The van der Waals surface area contributed by atoms with E-state index in [1.165, 1.54) is 7.11 Å². The third-order valence-electron chi connectivity index (χ3n) is 3.06. The molecule has 0 aromatic heterocycles. The predicted octanol–water partition coefficient (Wildman–Crippen LogP) is 2.24. The van der Waals surface area contributed by atoms with Gasteiger partial charge in [0.2, 0.25) is 0 Å². The maximum atomic E-state index is 11.9. The van der Waals surface area contributed by atoms with Crippen LogP contribution in [0, 0.1) is 5.92 Å². The summed E-state index contributed by atoms with van der Waals surface area (Å²) in [5.41, 5.74) is 1.00. The van der Waals surface area contributed by atoms with Crippen LogP contribution in [0.25, 0.3) is 0 Å². The molecule has 0 aliphatic carbocycles. The van der Waals surface area contributed by atoms with Crippen LogP contribution in [0.1, 0.15) is 32.4 Å². The Bertz CT molecular complexity index is 446. The van der Waals surface area contributed by atoms with Crippen LogP contribution in [-0.4, -0.2) is 25.2 Å². The molecule has 0 fully saturated rings. The third-order valence-corrected chi connectivity index (χ3v) is 3.06. The minimum atomic E-state index is -0.650. The van der Waals surface area contributed by atoms with Crippen LogP contribution in [0.2, 0.25) is 0 Å². The smallest absolute Gasteiger partial charge is 0.328 e. The summed E-state index contributed by atoms with van der Waals surface area (Å²) in [5, 5.41) is 5.45. The monoisotopic (exact) mass is 278 g/mol. The van der Waals surface area contributed by atoms with Crippen molar-refractivity contribution in [3.05, 3.63) is 35.9 Å². The molecule has 0 heterocycles. The molecule has 2 atom stereocenters. The summed E-state index contributed by atoms with van der Waals surface area (Å²) in [6.07, 6.45) is 0. The lowest BCUT2D eigenvalue weighted by molar-refractivity contribution is -0.143. The Morgan fingerprint density at radius 3 is 2.15 bits per heavy atom. The molecule has 1 aromatic rings. The zero-order valence-corrected chi connectivity index (χ0v) is 12.3. The molecule has 5 nitrogen and oxygen atoms in total. The maximum absolute atomic E-state index is 11.9. The highest BCUT2D eigenvalue weighted by molar-refractivity contribution is 5.83. The molecule has 1 aromatic carbocycles. The summed E-state index contributed by atoms with van der Waals surface area (Å²) >= 11 is 0. The SMILES string of the molecule is COC(=O)[C@@H](NC(=O)NC(C)c1ccccc1)C(C)C. The number of rotatable bonds is 5. The second-order valence-corrected chi connectivity index (χ2v) is 5.00. The van der Waals surface area contributed by atoms with Crippen molar-refractivity contribution in [3.63, 3.8) is 0 Å². The van der Waals surface area contributed by atoms with E-state index in [0.29, 0.717) is 0 Å². The van der Waals surface area contributed by atoms with Crippen LogP contribution >= 0.6 is 0 Å². The van der Waals surface area contributed by atoms with Crippen molar-refractivity contribution in [2.24, 2.45) is 5.92 Å². The molecule has 20 heavy (non-hydrogen) atoms. The van der Waals surface area contributed by atoms with Crippen LogP contribution in [0.5, 0.6) is 0 Å². The molecule has 0 aliphatic heterocycles. The first-order chi connectivity index (χ1) is 9.45. The number of ether oxygens (including phenoxy) is 1. The Kier molecular flexibility index (Phi) is 6.03. The van der Waals surface area contributed by atoms with E-state index >= 15 is 0 Å². The van der Waals surface area contributed by atoms with E-state index in [0.717, 1.165) is 5.56 Å². The van der Waals surface area contributed by atoms with Crippen LogP contribution in [-0.2, 0) is 9.53 Å². The Morgan fingerprint density at radius 1 is 1.05 bits per heavy atom. The number of methoxy groups -OCH3 is 1. The van der Waals surface area contributed by atoms with Gasteiger partial charge in [-0.15, -0.1) is 0 Å². The normalized spacial score (nSPS) is 13.4. The van der Waals surface area contributed by atoms with Gasteiger partial charge in [0.25, 0.3) is 0 Å². The highest BCUT2D eigenvalue weighted by atomic mass is 16.5. The van der Waals surface area contributed by atoms with Crippen molar-refractivity contribution >= 4 is 12.0 Å². The van der Waals surface area contributed by atoms with Gasteiger partial charge in [-0.25, -0.2) is 9.59 Å². The number of carbonyl (C=O) groups excluding carboxylic acids is 2. The average Bonchev–Trinajstić information content (AvgIpc) is 2.44. The summed E-state index contributed by atoms with van der Waals surface area (Å²) in [7, 11) is 1.31. The van der Waals surface area contributed by atoms with Crippen LogP contribution in [0.3, 0.4) is 0 Å². The molecule has 5 heteroatoms. The first-order valence-electron chi connectivity index (χ1n) is 6.65. The topological polar surface area (TPSA) is 67.4 Å². The average molecular weight is 278 g/mol. The lowest BCUT2D eigenvalue weighted by atomic mass is 10.1. The maximum Gasteiger partial charge on any atom is 0.328 e. The zero-order chi connectivity index (χ0) is 15.1. The van der Waals surface area contributed by atoms with E-state index in [1.807, 2.05) is 51.1 Å². The minimum absolute atomic E-state index is 0.0415. The van der Waals surface area contributed by atoms with Gasteiger partial charge in [0.15, 0.2) is 0 Å². The van der Waals surface area contributed by atoms with Gasteiger partial charge < -0.3 is 15.4 Å². The van der Waals surface area contributed by atoms with Crippen LogP contribution < -0.4 is 10.6 Å². The van der Waals surface area contributed by atoms with Gasteiger partial charge in [-0.2, -0.15) is 0 Å². The Morgan fingerprint density at radius 2 is 1.65 bits per heavy atom. The lowest BCUT2D eigenvalue weighted by Crippen LogP contribution is -2.49. The standard InChI is InChI=1S/C15H22N2O3/c1-10(2)13(14(18)20-4)17-15(19)16-11(3)12-8-6-5-7-9-12/h5-11,13H,1-4H3,(H2,16,17,19)/t11?,13-/m0/s1. The van der Waals surface area contributed by atoms with E-state index in [9.17, 15) is 9.59 Å². The largest absolute Gasteiger partial charge is 0.467 e. The van der Waals surface area contributed by atoms with Crippen molar-refractivity contribution in [1.29, 1.82) is 0 Å². The number of urea groups is 1. The van der Waals surface area contributed by atoms with Crippen molar-refractivity contribution in [1.82, 2.24) is 10.6 Å². The molecule has 0 radical (unpaired) electrons. The molecule has 2 N–H and O–H groups in total. The van der Waals surface area contributed by atoms with Crippen LogP contribution in [0.4, 0.5) is 4.79 Å². The van der Waals surface area contributed by atoms with Gasteiger partial charge in [-0.1, -0.05) is 44.2 Å². The summed E-state index contributed by atoms with van der Waals surface area (Å²) in [5.74, 6) is -0.484. The Labute approximate surface area is 119 Å². The highest BCUT2D eigenvalue weighted by Gasteiger charge is 2.25. The fraction of sp³-hybridized carbons (Fsp3) is 0.467. The quantitative estimate of drug-likeness (QED) is 0.812. The molecule has 1 rings (SSSR count). The summed E-state index contributed by atoms with van der Waals surface area (Å²) < 4.78 is 4.68. The molecule has 110 valence electrons. The fourth-order valence-corrected chi connectivity index (χ4v) is 1.83. The van der Waals surface area contributed by atoms with Gasteiger partial charge in [0.05, 0.1) is 13.2 Å². The van der Waals surface area contributed by atoms with Gasteiger partial charge in [0, 0.05) is 0 Å². The van der Waals surface area contributed by atoms with Crippen molar-refractivity contribution in [2.75, 3.05) is 7.11 Å². The molecule has 1 unspecified atom stereocenters. The summed E-state index contributed by atoms with van der Waals surface area (Å²) in [6, 6.07) is 8.45. The minimum Gasteiger partial charge on any atom is -0.467 e. The Balaban J connectivity index is 2.60. The summed E-state index contributed by atoms with van der Waals surface area (Å²) in [4.78, 5) is 23.5. The summed E-state index contributed by atoms with van der Waals surface area (Å²) in [6.45, 7) is 5.59. The first-order valence-corrected chi connectivity index (χ1v) is 6.65. The van der Waals surface area contributed by atoms with E-state index in [1.54, 1.807) is 0 Å². The predicted molar refractivity (Wildman–Crippen MR) is 77.2 cm³/mol. The van der Waals surface area contributed by atoms with Crippen molar-refractivity contribution in [2.45, 2.75) is 32.9 Å². The lowest BCUT2D eigenvalue weighted by Gasteiger charge is -2.22. The molecule has 0 saturated carbocycles. The van der Waals surface area contributed by atoms with E-state index in [2.05, 4.69) is 15.4 Å². The van der Waals surface area contributed by atoms with Gasteiger partial charge in [-0.05, 0) is 18.4 Å². The van der Waals surface area contributed by atoms with Gasteiger partial charge >= 0.3 is 12.0 Å². The van der Waals surface area contributed by atoms with Crippen molar-refractivity contribution in [3.8, 4) is 0 Å². The number of carbonyl (C=O) groups is 2. The van der Waals surface area contributed by atoms with Crippen molar-refractivity contribution < 1.29 is 14.3 Å². The second kappa shape index (κ2) is 7.53. The number of nitrogens with one attached hydrogen (secondary N) is 2. The fourth-order valence-electron chi connectivity index (χ4n) is 1.83. The molecule has 0 spiro atoms.